The zero-order chi connectivity index (χ0) is 19.2. The van der Waals surface area contributed by atoms with Crippen LogP contribution in [0.3, 0.4) is 0 Å². The Morgan fingerprint density at radius 3 is 2.52 bits per heavy atom. The second kappa shape index (κ2) is 8.77. The molecule has 1 atom stereocenters. The number of amides is 2. The molecule has 2 aromatic rings. The topological polar surface area (TPSA) is 67.9 Å². The third kappa shape index (κ3) is 4.52. The minimum absolute atomic E-state index is 0.175. The average Bonchev–Trinajstić information content (AvgIpc) is 3.02. The molecule has 0 bridgehead atoms. The summed E-state index contributed by atoms with van der Waals surface area (Å²) in [4.78, 5) is 26.4. The molecule has 0 saturated carbocycles. The summed E-state index contributed by atoms with van der Waals surface area (Å²) in [6, 6.07) is 13.7. The predicted octanol–water partition coefficient (Wildman–Crippen LogP) is 3.04. The number of nitrogens with one attached hydrogen (secondary N) is 1. The number of anilines is 1. The Kier molecular flexibility index (Phi) is 6.19. The van der Waals surface area contributed by atoms with Gasteiger partial charge in [0.1, 0.15) is 6.04 Å². The number of rotatable bonds is 7. The first-order valence-electron chi connectivity index (χ1n) is 8.80. The number of para-hydroxylation sites is 3. The lowest BCUT2D eigenvalue weighted by Crippen LogP contribution is -2.43. The molecule has 6 nitrogen and oxygen atoms in total. The highest BCUT2D eigenvalue weighted by Gasteiger charge is 2.34. The molecule has 1 saturated heterocycles. The Labute approximate surface area is 163 Å². The van der Waals surface area contributed by atoms with E-state index in [2.05, 4.69) is 5.32 Å². The van der Waals surface area contributed by atoms with Crippen molar-refractivity contribution in [3.05, 3.63) is 53.6 Å². The van der Waals surface area contributed by atoms with Gasteiger partial charge < -0.3 is 19.7 Å². The van der Waals surface area contributed by atoms with Crippen molar-refractivity contribution in [3.8, 4) is 11.5 Å². The monoisotopic (exact) mass is 388 g/mol. The van der Waals surface area contributed by atoms with Crippen LogP contribution in [0.1, 0.15) is 13.3 Å². The first-order valence-corrected chi connectivity index (χ1v) is 9.18. The van der Waals surface area contributed by atoms with Crippen LogP contribution in [0.4, 0.5) is 5.69 Å². The lowest BCUT2D eigenvalue weighted by atomic mass is 10.2. The lowest BCUT2D eigenvalue weighted by molar-refractivity contribution is -0.127. The van der Waals surface area contributed by atoms with E-state index in [0.717, 1.165) is 0 Å². The molecular weight excluding hydrogens is 368 g/mol. The molecule has 1 N–H and O–H groups in total. The maximum Gasteiger partial charge on any atom is 0.258 e. The van der Waals surface area contributed by atoms with E-state index in [1.165, 1.54) is 0 Å². The summed E-state index contributed by atoms with van der Waals surface area (Å²) in [5, 5.41) is 3.24. The van der Waals surface area contributed by atoms with Crippen molar-refractivity contribution in [1.29, 1.82) is 0 Å². The Morgan fingerprint density at radius 2 is 1.81 bits per heavy atom. The van der Waals surface area contributed by atoms with Gasteiger partial charge in [0.2, 0.25) is 5.91 Å². The van der Waals surface area contributed by atoms with E-state index in [9.17, 15) is 9.59 Å². The molecule has 27 heavy (non-hydrogen) atoms. The van der Waals surface area contributed by atoms with E-state index in [4.69, 9.17) is 21.1 Å². The SMILES string of the molecule is CCOc1ccccc1OCC(=O)NC1CCN(c2ccccc2Cl)C1=O. The molecular formula is C20H21ClN2O4. The van der Waals surface area contributed by atoms with Crippen LogP contribution < -0.4 is 19.7 Å². The summed E-state index contributed by atoms with van der Waals surface area (Å²) in [5.41, 5.74) is 0.655. The highest BCUT2D eigenvalue weighted by Crippen LogP contribution is 2.29. The summed E-state index contributed by atoms with van der Waals surface area (Å²) in [6.07, 6.45) is 0.519. The van der Waals surface area contributed by atoms with Crippen molar-refractivity contribution in [2.24, 2.45) is 0 Å². The van der Waals surface area contributed by atoms with Crippen LogP contribution in [0.25, 0.3) is 0 Å². The Morgan fingerprint density at radius 1 is 1.15 bits per heavy atom. The standard InChI is InChI=1S/C20H21ClN2O4/c1-2-26-17-9-5-6-10-18(17)27-13-19(24)22-15-11-12-23(20(15)25)16-8-4-3-7-14(16)21/h3-10,15H,2,11-13H2,1H3,(H,22,24). The number of carbonyl (C=O) groups is 2. The van der Waals surface area contributed by atoms with Crippen LogP contribution in [0.15, 0.2) is 48.5 Å². The first kappa shape index (κ1) is 19.0. The molecule has 1 unspecified atom stereocenters. The quantitative estimate of drug-likeness (QED) is 0.791. The molecule has 0 aliphatic carbocycles. The minimum Gasteiger partial charge on any atom is -0.490 e. The van der Waals surface area contributed by atoms with E-state index < -0.39 is 6.04 Å². The molecule has 2 amide bonds. The highest BCUT2D eigenvalue weighted by molar-refractivity contribution is 6.34. The van der Waals surface area contributed by atoms with Crippen LogP contribution in [0.2, 0.25) is 5.02 Å². The van der Waals surface area contributed by atoms with Gasteiger partial charge in [0, 0.05) is 6.54 Å². The van der Waals surface area contributed by atoms with E-state index in [0.29, 0.717) is 41.8 Å². The molecule has 142 valence electrons. The van der Waals surface area contributed by atoms with Crippen LogP contribution >= 0.6 is 11.6 Å². The molecule has 1 aliphatic rings. The third-order valence-electron chi connectivity index (χ3n) is 4.19. The molecule has 1 fully saturated rings. The van der Waals surface area contributed by atoms with E-state index in [1.807, 2.05) is 25.1 Å². The van der Waals surface area contributed by atoms with Crippen molar-refractivity contribution in [2.45, 2.75) is 19.4 Å². The number of carbonyl (C=O) groups excluding carboxylic acids is 2. The highest BCUT2D eigenvalue weighted by atomic mass is 35.5. The second-order valence-corrected chi connectivity index (χ2v) is 6.43. The maximum atomic E-state index is 12.6. The van der Waals surface area contributed by atoms with Crippen molar-refractivity contribution < 1.29 is 19.1 Å². The number of hydrogen-bond acceptors (Lipinski definition) is 4. The average molecular weight is 389 g/mol. The Bertz CT molecular complexity index is 827. The number of ether oxygens (including phenoxy) is 2. The van der Waals surface area contributed by atoms with E-state index in [-0.39, 0.29) is 18.4 Å². The molecule has 1 heterocycles. The van der Waals surface area contributed by atoms with Crippen molar-refractivity contribution in [2.75, 3.05) is 24.7 Å². The molecule has 0 spiro atoms. The minimum atomic E-state index is -0.584. The molecule has 2 aromatic carbocycles. The van der Waals surface area contributed by atoms with Gasteiger partial charge in [0.25, 0.3) is 5.91 Å². The number of benzene rings is 2. The molecule has 3 rings (SSSR count). The molecule has 0 radical (unpaired) electrons. The normalized spacial score (nSPS) is 16.3. The summed E-state index contributed by atoms with van der Waals surface area (Å²) >= 11 is 6.17. The first-order chi connectivity index (χ1) is 13.1. The second-order valence-electron chi connectivity index (χ2n) is 6.02. The van der Waals surface area contributed by atoms with E-state index >= 15 is 0 Å². The van der Waals surface area contributed by atoms with Gasteiger partial charge in [-0.1, -0.05) is 35.9 Å². The zero-order valence-electron chi connectivity index (χ0n) is 15.0. The fourth-order valence-corrected chi connectivity index (χ4v) is 3.18. The molecule has 1 aliphatic heterocycles. The smallest absolute Gasteiger partial charge is 0.258 e. The Hall–Kier alpha value is -2.73. The van der Waals surface area contributed by atoms with Gasteiger partial charge in [0.15, 0.2) is 18.1 Å². The fraction of sp³-hybridized carbons (Fsp3) is 0.300. The van der Waals surface area contributed by atoms with Crippen LogP contribution in [-0.2, 0) is 9.59 Å². The lowest BCUT2D eigenvalue weighted by Gasteiger charge is -2.18. The van der Waals surface area contributed by atoms with Gasteiger partial charge in [-0.25, -0.2) is 0 Å². The van der Waals surface area contributed by atoms with Crippen LogP contribution in [0.5, 0.6) is 11.5 Å². The van der Waals surface area contributed by atoms with Crippen molar-refractivity contribution >= 4 is 29.1 Å². The number of halogens is 1. The largest absolute Gasteiger partial charge is 0.490 e. The predicted molar refractivity (Wildman–Crippen MR) is 103 cm³/mol. The van der Waals surface area contributed by atoms with Crippen LogP contribution in [-0.4, -0.2) is 37.6 Å². The fourth-order valence-electron chi connectivity index (χ4n) is 2.95. The van der Waals surface area contributed by atoms with Gasteiger partial charge >= 0.3 is 0 Å². The summed E-state index contributed by atoms with van der Waals surface area (Å²) in [6.45, 7) is 2.68. The summed E-state index contributed by atoms with van der Waals surface area (Å²) in [7, 11) is 0. The van der Waals surface area contributed by atoms with Gasteiger partial charge in [-0.15, -0.1) is 0 Å². The summed E-state index contributed by atoms with van der Waals surface area (Å²) < 4.78 is 11.0. The van der Waals surface area contributed by atoms with Gasteiger partial charge in [-0.05, 0) is 37.6 Å². The van der Waals surface area contributed by atoms with Crippen molar-refractivity contribution in [1.82, 2.24) is 5.32 Å². The van der Waals surface area contributed by atoms with Crippen molar-refractivity contribution in [3.63, 3.8) is 0 Å². The van der Waals surface area contributed by atoms with E-state index in [1.54, 1.807) is 35.2 Å². The third-order valence-corrected chi connectivity index (χ3v) is 4.51. The molecule has 0 aromatic heterocycles. The van der Waals surface area contributed by atoms with Gasteiger partial charge in [0.05, 0.1) is 17.3 Å². The van der Waals surface area contributed by atoms with Crippen LogP contribution in [0, 0.1) is 0 Å². The van der Waals surface area contributed by atoms with Gasteiger partial charge in [-0.3, -0.25) is 9.59 Å². The number of hydrogen-bond donors (Lipinski definition) is 1. The Balaban J connectivity index is 1.56. The van der Waals surface area contributed by atoms with Gasteiger partial charge in [-0.2, -0.15) is 0 Å². The summed E-state index contributed by atoms with van der Waals surface area (Å²) in [5.74, 6) is 0.534. The molecule has 7 heteroatoms. The zero-order valence-corrected chi connectivity index (χ0v) is 15.7. The number of nitrogens with zero attached hydrogens (tertiary/aromatic N) is 1. The maximum absolute atomic E-state index is 12.6.